The Bertz CT molecular complexity index is 147. The molecule has 0 saturated carbocycles. The minimum Gasteiger partial charge on any atom is -0.395 e. The van der Waals surface area contributed by atoms with Gasteiger partial charge in [0.25, 0.3) is 0 Å². The number of carbonyl (C=O) groups excluding carboxylic acids is 1. The van der Waals surface area contributed by atoms with Crippen molar-refractivity contribution in [2.24, 2.45) is 0 Å². The van der Waals surface area contributed by atoms with Crippen molar-refractivity contribution in [3.63, 3.8) is 0 Å². The van der Waals surface area contributed by atoms with Gasteiger partial charge in [0.05, 0.1) is 13.2 Å². The number of nitrogens with one attached hydrogen (secondary N) is 2. The first-order chi connectivity index (χ1) is 6.74. The molecule has 0 aliphatic heterocycles. The number of aliphatic hydroxyl groups is 1. The number of unbranched alkanes of at least 4 members (excludes halogenated alkanes) is 1. The molecule has 84 valence electrons. The molecular weight excluding hydrogens is 180 g/mol. The van der Waals surface area contributed by atoms with Gasteiger partial charge in [-0.1, -0.05) is 20.3 Å². The van der Waals surface area contributed by atoms with E-state index in [9.17, 15) is 4.79 Å². The first-order valence-corrected chi connectivity index (χ1v) is 5.35. The predicted octanol–water partition coefficient (Wildman–Crippen LogP) is 0.263. The van der Waals surface area contributed by atoms with Crippen molar-refractivity contribution in [1.29, 1.82) is 0 Å². The summed E-state index contributed by atoms with van der Waals surface area (Å²) in [4.78, 5) is 11.2. The molecule has 0 aromatic heterocycles. The summed E-state index contributed by atoms with van der Waals surface area (Å²) in [6, 6.07) is 0.0342. The summed E-state index contributed by atoms with van der Waals surface area (Å²) in [5.74, 6) is 0.00495. The van der Waals surface area contributed by atoms with Crippen LogP contribution in [0, 0.1) is 0 Å². The maximum atomic E-state index is 11.2. The molecule has 0 spiro atoms. The van der Waals surface area contributed by atoms with Crippen LogP contribution < -0.4 is 10.6 Å². The number of amides is 1. The van der Waals surface area contributed by atoms with Crippen LogP contribution in [0.25, 0.3) is 0 Å². The molecule has 0 aliphatic rings. The van der Waals surface area contributed by atoms with Crippen molar-refractivity contribution in [3.8, 4) is 0 Å². The normalized spacial score (nSPS) is 12.5. The van der Waals surface area contributed by atoms with Crippen LogP contribution in [-0.2, 0) is 4.79 Å². The van der Waals surface area contributed by atoms with Crippen LogP contribution in [0.4, 0.5) is 0 Å². The van der Waals surface area contributed by atoms with Crippen molar-refractivity contribution >= 4 is 5.91 Å². The molecule has 0 aliphatic carbocycles. The second-order valence-electron chi connectivity index (χ2n) is 3.37. The highest BCUT2D eigenvalue weighted by Gasteiger charge is 2.05. The van der Waals surface area contributed by atoms with Gasteiger partial charge in [-0.05, 0) is 12.8 Å². The van der Waals surface area contributed by atoms with Gasteiger partial charge in [-0.25, -0.2) is 0 Å². The van der Waals surface area contributed by atoms with Crippen LogP contribution in [0.15, 0.2) is 0 Å². The number of aliphatic hydroxyl groups excluding tert-OH is 1. The zero-order valence-corrected chi connectivity index (χ0v) is 9.18. The highest BCUT2D eigenvalue weighted by Crippen LogP contribution is 1.87. The third-order valence-corrected chi connectivity index (χ3v) is 2.12. The lowest BCUT2D eigenvalue weighted by Crippen LogP contribution is -2.40. The molecule has 0 aromatic rings. The lowest BCUT2D eigenvalue weighted by molar-refractivity contribution is -0.120. The quantitative estimate of drug-likeness (QED) is 0.495. The van der Waals surface area contributed by atoms with Gasteiger partial charge in [0, 0.05) is 12.6 Å². The molecule has 4 heteroatoms. The topological polar surface area (TPSA) is 61.4 Å². The number of rotatable bonds is 8. The van der Waals surface area contributed by atoms with Crippen LogP contribution in [0.5, 0.6) is 0 Å². The zero-order valence-electron chi connectivity index (χ0n) is 9.18. The standard InChI is InChI=1S/C10H22N2O2/c1-3-5-6-11-10(14)7-12-9(4-2)8-13/h9,12-13H,3-8H2,1-2H3,(H,11,14). The Hall–Kier alpha value is -0.610. The summed E-state index contributed by atoms with van der Waals surface area (Å²) < 4.78 is 0. The maximum absolute atomic E-state index is 11.2. The second-order valence-corrected chi connectivity index (χ2v) is 3.37. The van der Waals surface area contributed by atoms with E-state index >= 15 is 0 Å². The molecule has 14 heavy (non-hydrogen) atoms. The molecule has 0 aromatic carbocycles. The molecular formula is C10H22N2O2. The van der Waals surface area contributed by atoms with Crippen molar-refractivity contribution in [2.45, 2.75) is 39.2 Å². The zero-order chi connectivity index (χ0) is 10.8. The fourth-order valence-electron chi connectivity index (χ4n) is 1.04. The third kappa shape index (κ3) is 6.86. The summed E-state index contributed by atoms with van der Waals surface area (Å²) in [7, 11) is 0. The highest BCUT2D eigenvalue weighted by molar-refractivity contribution is 5.77. The number of hydrogen-bond donors (Lipinski definition) is 3. The molecule has 1 amide bonds. The first-order valence-electron chi connectivity index (χ1n) is 5.35. The predicted molar refractivity (Wildman–Crippen MR) is 57.1 cm³/mol. The van der Waals surface area contributed by atoms with E-state index in [1.165, 1.54) is 0 Å². The van der Waals surface area contributed by atoms with Gasteiger partial charge in [-0.3, -0.25) is 4.79 Å². The van der Waals surface area contributed by atoms with Gasteiger partial charge in [-0.15, -0.1) is 0 Å². The Balaban J connectivity index is 3.42. The Morgan fingerprint density at radius 1 is 1.43 bits per heavy atom. The van der Waals surface area contributed by atoms with Crippen LogP contribution in [-0.4, -0.2) is 36.8 Å². The van der Waals surface area contributed by atoms with E-state index in [0.29, 0.717) is 6.54 Å². The minimum atomic E-state index is 0.00495. The van der Waals surface area contributed by atoms with Gasteiger partial charge in [0.15, 0.2) is 0 Å². The van der Waals surface area contributed by atoms with Crippen molar-refractivity contribution in [1.82, 2.24) is 10.6 Å². The van der Waals surface area contributed by atoms with Crippen molar-refractivity contribution < 1.29 is 9.90 Å². The molecule has 0 bridgehead atoms. The monoisotopic (exact) mass is 202 g/mol. The summed E-state index contributed by atoms with van der Waals surface area (Å²) >= 11 is 0. The first kappa shape index (κ1) is 13.4. The van der Waals surface area contributed by atoms with Crippen LogP contribution >= 0.6 is 0 Å². The van der Waals surface area contributed by atoms with E-state index in [4.69, 9.17) is 5.11 Å². The number of carbonyl (C=O) groups is 1. The Morgan fingerprint density at radius 2 is 2.14 bits per heavy atom. The van der Waals surface area contributed by atoms with Gasteiger partial charge < -0.3 is 15.7 Å². The van der Waals surface area contributed by atoms with Gasteiger partial charge in [0.2, 0.25) is 5.91 Å². The Kier molecular flexibility index (Phi) is 8.57. The molecule has 0 saturated heterocycles. The molecule has 0 radical (unpaired) electrons. The molecule has 3 N–H and O–H groups in total. The smallest absolute Gasteiger partial charge is 0.233 e. The molecule has 0 rings (SSSR count). The van der Waals surface area contributed by atoms with E-state index in [-0.39, 0.29) is 18.6 Å². The molecule has 0 fully saturated rings. The Labute approximate surface area is 86.1 Å². The van der Waals surface area contributed by atoms with E-state index in [1.54, 1.807) is 0 Å². The average Bonchev–Trinajstić information content (AvgIpc) is 2.20. The number of hydrogen-bond acceptors (Lipinski definition) is 3. The maximum Gasteiger partial charge on any atom is 0.233 e. The van der Waals surface area contributed by atoms with Crippen LogP contribution in [0.3, 0.4) is 0 Å². The van der Waals surface area contributed by atoms with E-state index in [0.717, 1.165) is 25.8 Å². The van der Waals surface area contributed by atoms with Gasteiger partial charge in [0.1, 0.15) is 0 Å². The highest BCUT2D eigenvalue weighted by atomic mass is 16.3. The lowest BCUT2D eigenvalue weighted by atomic mass is 10.2. The van der Waals surface area contributed by atoms with E-state index < -0.39 is 0 Å². The minimum absolute atomic E-state index is 0.00495. The van der Waals surface area contributed by atoms with Crippen molar-refractivity contribution in [3.05, 3.63) is 0 Å². The molecule has 0 heterocycles. The third-order valence-electron chi connectivity index (χ3n) is 2.12. The molecule has 1 atom stereocenters. The SMILES string of the molecule is CCCCNC(=O)CNC(CC)CO. The van der Waals surface area contributed by atoms with E-state index in [2.05, 4.69) is 17.6 Å². The van der Waals surface area contributed by atoms with E-state index in [1.807, 2.05) is 6.92 Å². The van der Waals surface area contributed by atoms with Crippen LogP contribution in [0.1, 0.15) is 33.1 Å². The average molecular weight is 202 g/mol. The summed E-state index contributed by atoms with van der Waals surface area (Å²) in [5.41, 5.74) is 0. The summed E-state index contributed by atoms with van der Waals surface area (Å²) in [5, 5.41) is 14.6. The Morgan fingerprint density at radius 3 is 2.64 bits per heavy atom. The largest absolute Gasteiger partial charge is 0.395 e. The van der Waals surface area contributed by atoms with Gasteiger partial charge >= 0.3 is 0 Å². The fourth-order valence-corrected chi connectivity index (χ4v) is 1.04. The summed E-state index contributed by atoms with van der Waals surface area (Å²) in [6.07, 6.45) is 2.93. The van der Waals surface area contributed by atoms with Gasteiger partial charge in [-0.2, -0.15) is 0 Å². The van der Waals surface area contributed by atoms with Crippen molar-refractivity contribution in [2.75, 3.05) is 19.7 Å². The lowest BCUT2D eigenvalue weighted by Gasteiger charge is -2.13. The summed E-state index contributed by atoms with van der Waals surface area (Å²) in [6.45, 7) is 5.18. The second kappa shape index (κ2) is 8.97. The molecule has 4 nitrogen and oxygen atoms in total. The fraction of sp³-hybridized carbons (Fsp3) is 0.900. The van der Waals surface area contributed by atoms with Crippen LogP contribution in [0.2, 0.25) is 0 Å². The molecule has 1 unspecified atom stereocenters.